The number of nitrogens with zero attached hydrogens (tertiary/aromatic N) is 1. The molecular formula is C15H24N2O2. The van der Waals surface area contributed by atoms with Crippen molar-refractivity contribution in [2.75, 3.05) is 19.6 Å². The summed E-state index contributed by atoms with van der Waals surface area (Å²) < 4.78 is 0. The predicted octanol–water partition coefficient (Wildman–Crippen LogP) is 2.22. The Bertz CT molecular complexity index is 421. The van der Waals surface area contributed by atoms with Crippen LogP contribution in [0.4, 0.5) is 0 Å². The van der Waals surface area contributed by atoms with Crippen molar-refractivity contribution in [2.45, 2.75) is 32.2 Å². The number of benzene rings is 1. The first-order valence-electron chi connectivity index (χ1n) is 7.07. The van der Waals surface area contributed by atoms with Crippen LogP contribution < -0.4 is 5.73 Å². The van der Waals surface area contributed by atoms with Gasteiger partial charge in [0.15, 0.2) is 0 Å². The van der Waals surface area contributed by atoms with E-state index in [0.717, 1.165) is 31.6 Å². The van der Waals surface area contributed by atoms with Crippen LogP contribution in [0.15, 0.2) is 18.2 Å². The van der Waals surface area contributed by atoms with Gasteiger partial charge in [0.1, 0.15) is 11.5 Å². The molecule has 0 aromatic heterocycles. The molecule has 1 aliphatic heterocycles. The quantitative estimate of drug-likeness (QED) is 0.780. The summed E-state index contributed by atoms with van der Waals surface area (Å²) >= 11 is 0. The lowest BCUT2D eigenvalue weighted by Crippen LogP contribution is -2.37. The Morgan fingerprint density at radius 2 is 2.21 bits per heavy atom. The minimum Gasteiger partial charge on any atom is -0.508 e. The van der Waals surface area contributed by atoms with E-state index in [9.17, 15) is 10.2 Å². The molecule has 106 valence electrons. The van der Waals surface area contributed by atoms with Gasteiger partial charge in [0.2, 0.25) is 0 Å². The van der Waals surface area contributed by atoms with Crippen molar-refractivity contribution in [3.05, 3.63) is 23.8 Å². The zero-order valence-electron chi connectivity index (χ0n) is 11.5. The van der Waals surface area contributed by atoms with Gasteiger partial charge < -0.3 is 15.9 Å². The molecule has 0 saturated carbocycles. The zero-order valence-corrected chi connectivity index (χ0v) is 11.5. The molecule has 1 saturated heterocycles. The van der Waals surface area contributed by atoms with Gasteiger partial charge in [-0.05, 0) is 51.3 Å². The van der Waals surface area contributed by atoms with Crippen LogP contribution in [-0.2, 0) is 0 Å². The van der Waals surface area contributed by atoms with Gasteiger partial charge in [-0.25, -0.2) is 0 Å². The maximum absolute atomic E-state index is 9.96. The molecule has 4 nitrogen and oxygen atoms in total. The number of phenols is 2. The van der Waals surface area contributed by atoms with Crippen molar-refractivity contribution < 1.29 is 10.2 Å². The van der Waals surface area contributed by atoms with Crippen LogP contribution in [0.3, 0.4) is 0 Å². The van der Waals surface area contributed by atoms with E-state index in [2.05, 4.69) is 11.8 Å². The molecule has 1 aliphatic rings. The van der Waals surface area contributed by atoms with Crippen LogP contribution in [0.5, 0.6) is 11.5 Å². The van der Waals surface area contributed by atoms with E-state index < -0.39 is 0 Å². The Morgan fingerprint density at radius 1 is 1.42 bits per heavy atom. The summed E-state index contributed by atoms with van der Waals surface area (Å²) in [5.41, 5.74) is 6.53. The molecule has 19 heavy (non-hydrogen) atoms. The van der Waals surface area contributed by atoms with Gasteiger partial charge >= 0.3 is 0 Å². The monoisotopic (exact) mass is 264 g/mol. The van der Waals surface area contributed by atoms with Crippen molar-refractivity contribution >= 4 is 0 Å². The van der Waals surface area contributed by atoms with Gasteiger partial charge in [-0.3, -0.25) is 4.90 Å². The second kappa shape index (κ2) is 6.26. The lowest BCUT2D eigenvalue weighted by molar-refractivity contribution is 0.127. The summed E-state index contributed by atoms with van der Waals surface area (Å²) in [6, 6.07) is 5.02. The van der Waals surface area contributed by atoms with E-state index in [1.807, 2.05) is 6.07 Å². The van der Waals surface area contributed by atoms with E-state index in [1.165, 1.54) is 18.9 Å². The van der Waals surface area contributed by atoms with Gasteiger partial charge in [-0.15, -0.1) is 0 Å². The first-order valence-corrected chi connectivity index (χ1v) is 7.07. The predicted molar refractivity (Wildman–Crippen MR) is 76.2 cm³/mol. The third kappa shape index (κ3) is 3.39. The van der Waals surface area contributed by atoms with Crippen LogP contribution in [0.25, 0.3) is 0 Å². The summed E-state index contributed by atoms with van der Waals surface area (Å²) in [4.78, 5) is 2.40. The SMILES string of the molecule is CC(c1ccc(O)cc1O)N1CCCC(CCN)C1. The van der Waals surface area contributed by atoms with E-state index in [0.29, 0.717) is 5.92 Å². The summed E-state index contributed by atoms with van der Waals surface area (Å²) in [6.45, 7) is 4.95. The largest absolute Gasteiger partial charge is 0.508 e. The highest BCUT2D eigenvalue weighted by molar-refractivity contribution is 5.40. The Morgan fingerprint density at radius 3 is 2.89 bits per heavy atom. The van der Waals surface area contributed by atoms with Crippen molar-refractivity contribution in [3.63, 3.8) is 0 Å². The minimum atomic E-state index is 0.105. The summed E-state index contributed by atoms with van der Waals surface area (Å²) in [6.07, 6.45) is 3.51. The number of hydrogen-bond acceptors (Lipinski definition) is 4. The van der Waals surface area contributed by atoms with E-state index in [-0.39, 0.29) is 17.5 Å². The third-order valence-electron chi connectivity index (χ3n) is 4.14. The van der Waals surface area contributed by atoms with E-state index in [4.69, 9.17) is 5.73 Å². The third-order valence-corrected chi connectivity index (χ3v) is 4.14. The fourth-order valence-electron chi connectivity index (χ4n) is 3.00. The fourth-order valence-corrected chi connectivity index (χ4v) is 3.00. The molecule has 0 radical (unpaired) electrons. The van der Waals surface area contributed by atoms with Crippen molar-refractivity contribution in [3.8, 4) is 11.5 Å². The fraction of sp³-hybridized carbons (Fsp3) is 0.600. The van der Waals surface area contributed by atoms with Gasteiger partial charge in [-0.1, -0.05) is 6.07 Å². The Labute approximate surface area is 114 Å². The highest BCUT2D eigenvalue weighted by Gasteiger charge is 2.25. The Hall–Kier alpha value is -1.26. The maximum Gasteiger partial charge on any atom is 0.124 e. The first-order chi connectivity index (χ1) is 9.11. The van der Waals surface area contributed by atoms with E-state index in [1.54, 1.807) is 6.07 Å². The number of rotatable bonds is 4. The van der Waals surface area contributed by atoms with Crippen LogP contribution in [0.2, 0.25) is 0 Å². The number of phenolic OH excluding ortho intramolecular Hbond substituents is 2. The molecule has 0 amide bonds. The van der Waals surface area contributed by atoms with Crippen molar-refractivity contribution in [1.29, 1.82) is 0 Å². The van der Waals surface area contributed by atoms with Crippen LogP contribution >= 0.6 is 0 Å². The molecule has 4 heteroatoms. The molecule has 1 heterocycles. The number of likely N-dealkylation sites (tertiary alicyclic amines) is 1. The number of aromatic hydroxyl groups is 2. The van der Waals surface area contributed by atoms with E-state index >= 15 is 0 Å². The maximum atomic E-state index is 9.96. The molecule has 2 unspecified atom stereocenters. The lowest BCUT2D eigenvalue weighted by atomic mass is 9.92. The van der Waals surface area contributed by atoms with Gasteiger partial charge in [0.05, 0.1) is 0 Å². The minimum absolute atomic E-state index is 0.105. The normalized spacial score (nSPS) is 22.3. The van der Waals surface area contributed by atoms with Crippen LogP contribution in [0, 0.1) is 5.92 Å². The molecule has 4 N–H and O–H groups in total. The molecule has 2 rings (SSSR count). The summed E-state index contributed by atoms with van der Waals surface area (Å²) in [5.74, 6) is 0.946. The van der Waals surface area contributed by atoms with Crippen LogP contribution in [-0.4, -0.2) is 34.7 Å². The Balaban J connectivity index is 2.07. The smallest absolute Gasteiger partial charge is 0.124 e. The number of hydrogen-bond donors (Lipinski definition) is 3. The van der Waals surface area contributed by atoms with Crippen LogP contribution in [0.1, 0.15) is 37.8 Å². The molecule has 0 spiro atoms. The average Bonchev–Trinajstić information content (AvgIpc) is 2.39. The van der Waals surface area contributed by atoms with Gasteiger partial charge in [-0.2, -0.15) is 0 Å². The molecular weight excluding hydrogens is 240 g/mol. The highest BCUT2D eigenvalue weighted by Crippen LogP contribution is 2.33. The molecule has 0 bridgehead atoms. The second-order valence-corrected chi connectivity index (χ2v) is 5.50. The van der Waals surface area contributed by atoms with Gasteiger partial charge in [0.25, 0.3) is 0 Å². The number of nitrogens with two attached hydrogens (primary N) is 1. The second-order valence-electron chi connectivity index (χ2n) is 5.50. The zero-order chi connectivity index (χ0) is 13.8. The van der Waals surface area contributed by atoms with Gasteiger partial charge in [0, 0.05) is 24.2 Å². The molecule has 1 fully saturated rings. The topological polar surface area (TPSA) is 69.7 Å². The average molecular weight is 264 g/mol. The lowest BCUT2D eigenvalue weighted by Gasteiger charge is -2.37. The summed E-state index contributed by atoms with van der Waals surface area (Å²) in [5, 5.41) is 19.3. The molecule has 1 aromatic rings. The summed E-state index contributed by atoms with van der Waals surface area (Å²) in [7, 11) is 0. The standard InChI is InChI=1S/C15H24N2O2/c1-11(14-5-4-13(18)9-15(14)19)17-8-2-3-12(10-17)6-7-16/h4-5,9,11-12,18-19H,2-3,6-8,10,16H2,1H3. The van der Waals surface area contributed by atoms with Crippen molar-refractivity contribution in [2.24, 2.45) is 11.7 Å². The Kier molecular flexibility index (Phi) is 4.66. The van der Waals surface area contributed by atoms with Crippen molar-refractivity contribution in [1.82, 2.24) is 4.90 Å². The highest BCUT2D eigenvalue weighted by atomic mass is 16.3. The molecule has 0 aliphatic carbocycles. The molecule has 1 aromatic carbocycles. The number of piperidine rings is 1. The first kappa shape index (κ1) is 14.2. The molecule has 2 atom stereocenters.